The third-order valence-electron chi connectivity index (χ3n) is 3.27. The molecule has 0 saturated heterocycles. The molecule has 0 spiro atoms. The van der Waals surface area contributed by atoms with Gasteiger partial charge in [-0.1, -0.05) is 18.2 Å². The van der Waals surface area contributed by atoms with Crippen LogP contribution in [-0.4, -0.2) is 43.3 Å². The number of alkyl halides is 3. The number of benzene rings is 1. The van der Waals surface area contributed by atoms with Crippen LogP contribution < -0.4 is 15.4 Å². The normalized spacial score (nSPS) is 12.9. The lowest BCUT2D eigenvalue weighted by molar-refractivity contribution is -0.153. The summed E-state index contributed by atoms with van der Waals surface area (Å²) < 4.78 is 41.9. The fourth-order valence-corrected chi connectivity index (χ4v) is 1.94. The molecule has 0 heterocycles. The third-order valence-corrected chi connectivity index (χ3v) is 4.52. The van der Waals surface area contributed by atoms with Crippen LogP contribution in [0, 0.1) is 0 Å². The van der Waals surface area contributed by atoms with Gasteiger partial charge in [0.15, 0.2) is 12.6 Å². The molecule has 8 heteroatoms. The van der Waals surface area contributed by atoms with Crippen LogP contribution in [-0.2, 0) is 6.54 Å². The Kier molecular flexibility index (Phi) is 7.72. The van der Waals surface area contributed by atoms with Crippen molar-refractivity contribution < 1.29 is 17.9 Å². The summed E-state index contributed by atoms with van der Waals surface area (Å²) in [5.41, 5.74) is 0.633. The largest absolute Gasteiger partial charge is 0.484 e. The van der Waals surface area contributed by atoms with Gasteiger partial charge in [-0.2, -0.15) is 24.9 Å². The number of nitrogens with zero attached hydrogens (tertiary/aromatic N) is 1. The number of aliphatic imine (C=N–C) groups is 1. The molecule has 0 fully saturated rings. The molecule has 2 N–H and O–H groups in total. The van der Waals surface area contributed by atoms with Gasteiger partial charge in [0.1, 0.15) is 5.75 Å². The molecule has 0 unspecified atom stereocenters. The van der Waals surface area contributed by atoms with Crippen LogP contribution >= 0.6 is 11.8 Å². The Morgan fingerprint density at radius 2 is 1.88 bits per heavy atom. The van der Waals surface area contributed by atoms with Crippen molar-refractivity contribution in [1.82, 2.24) is 10.6 Å². The average molecular weight is 363 g/mol. The molecule has 0 aliphatic heterocycles. The summed E-state index contributed by atoms with van der Waals surface area (Å²) in [6.45, 7) is 3.93. The van der Waals surface area contributed by atoms with Crippen molar-refractivity contribution in [3.63, 3.8) is 0 Å². The molecule has 0 amide bonds. The lowest BCUT2D eigenvalue weighted by atomic mass is 10.2. The molecule has 0 aromatic heterocycles. The monoisotopic (exact) mass is 363 g/mol. The molecule has 4 nitrogen and oxygen atoms in total. The lowest BCUT2D eigenvalue weighted by Crippen LogP contribution is -2.43. The van der Waals surface area contributed by atoms with Crippen LogP contribution in [0.15, 0.2) is 29.3 Å². The van der Waals surface area contributed by atoms with E-state index in [9.17, 15) is 13.2 Å². The highest BCUT2D eigenvalue weighted by molar-refractivity contribution is 7.99. The number of para-hydroxylation sites is 1. The van der Waals surface area contributed by atoms with Crippen LogP contribution in [0.25, 0.3) is 0 Å². The Morgan fingerprint density at radius 3 is 2.46 bits per heavy atom. The van der Waals surface area contributed by atoms with E-state index in [1.165, 1.54) is 6.07 Å². The standard InChI is InChI=1S/C16H24F3N3OS/c1-15(2,24-4)10-22-14(20-3)21-9-12-7-5-6-8-13(12)23-11-16(17,18)19/h5-8H,9-11H2,1-4H3,(H2,20,21,22). The third kappa shape index (κ3) is 7.81. The molecule has 1 aromatic carbocycles. The second-order valence-electron chi connectivity index (χ2n) is 5.75. The van der Waals surface area contributed by atoms with E-state index in [4.69, 9.17) is 4.74 Å². The van der Waals surface area contributed by atoms with Crippen LogP contribution in [0.2, 0.25) is 0 Å². The van der Waals surface area contributed by atoms with Gasteiger partial charge in [0, 0.05) is 30.4 Å². The minimum absolute atomic E-state index is 0.0470. The molecule has 0 aliphatic carbocycles. The van der Waals surface area contributed by atoms with Gasteiger partial charge in [-0.25, -0.2) is 0 Å². The number of hydrogen-bond acceptors (Lipinski definition) is 3. The molecule has 1 aromatic rings. The van der Waals surface area contributed by atoms with Gasteiger partial charge < -0.3 is 15.4 Å². The zero-order valence-corrected chi connectivity index (χ0v) is 15.1. The maximum absolute atomic E-state index is 12.3. The van der Waals surface area contributed by atoms with Crippen molar-refractivity contribution in [2.24, 2.45) is 4.99 Å². The fraction of sp³-hybridized carbons (Fsp3) is 0.562. The molecule has 136 valence electrons. The van der Waals surface area contributed by atoms with E-state index < -0.39 is 12.8 Å². The summed E-state index contributed by atoms with van der Waals surface area (Å²) in [5.74, 6) is 0.796. The Hall–Kier alpha value is -1.57. The number of halogens is 3. The molecule has 0 radical (unpaired) electrons. The Labute approximate surface area is 145 Å². The molecule has 0 aliphatic rings. The molecule has 0 atom stereocenters. The van der Waals surface area contributed by atoms with Gasteiger partial charge in [-0.15, -0.1) is 0 Å². The van der Waals surface area contributed by atoms with Crippen molar-refractivity contribution in [3.8, 4) is 5.75 Å². The van der Waals surface area contributed by atoms with Gasteiger partial charge in [-0.3, -0.25) is 4.99 Å². The SMILES string of the molecule is CN=C(NCc1ccccc1OCC(F)(F)F)NCC(C)(C)SC. The molecule has 24 heavy (non-hydrogen) atoms. The van der Waals surface area contributed by atoms with Crippen molar-refractivity contribution in [1.29, 1.82) is 0 Å². The van der Waals surface area contributed by atoms with E-state index in [2.05, 4.69) is 29.5 Å². The number of ether oxygens (including phenoxy) is 1. The summed E-state index contributed by atoms with van der Waals surface area (Å²) in [4.78, 5) is 4.12. The molecule has 0 bridgehead atoms. The van der Waals surface area contributed by atoms with Gasteiger partial charge in [0.05, 0.1) is 0 Å². The minimum atomic E-state index is -4.36. The molecule has 0 saturated carbocycles. The maximum atomic E-state index is 12.3. The first-order valence-corrected chi connectivity index (χ1v) is 8.66. The zero-order valence-electron chi connectivity index (χ0n) is 14.3. The number of thioether (sulfide) groups is 1. The number of rotatable bonds is 7. The predicted molar refractivity (Wildman–Crippen MR) is 93.8 cm³/mol. The first-order valence-electron chi connectivity index (χ1n) is 7.44. The van der Waals surface area contributed by atoms with Crippen molar-refractivity contribution in [2.45, 2.75) is 31.3 Å². The van der Waals surface area contributed by atoms with Crippen LogP contribution in [0.3, 0.4) is 0 Å². The van der Waals surface area contributed by atoms with Crippen LogP contribution in [0.4, 0.5) is 13.2 Å². The van der Waals surface area contributed by atoms with Crippen LogP contribution in [0.1, 0.15) is 19.4 Å². The topological polar surface area (TPSA) is 45.7 Å². The van der Waals surface area contributed by atoms with Crippen LogP contribution in [0.5, 0.6) is 5.75 Å². The Balaban J connectivity index is 2.62. The second kappa shape index (κ2) is 9.05. The first kappa shape index (κ1) is 20.5. The van der Waals surface area contributed by atoms with E-state index in [-0.39, 0.29) is 10.5 Å². The van der Waals surface area contributed by atoms with Crippen molar-refractivity contribution in [3.05, 3.63) is 29.8 Å². The zero-order chi connectivity index (χ0) is 18.2. The Morgan fingerprint density at radius 1 is 1.21 bits per heavy atom. The summed E-state index contributed by atoms with van der Waals surface area (Å²) in [7, 11) is 1.65. The highest BCUT2D eigenvalue weighted by Crippen LogP contribution is 2.22. The molecule has 1 rings (SSSR count). The lowest BCUT2D eigenvalue weighted by Gasteiger charge is -2.24. The smallest absolute Gasteiger partial charge is 0.422 e. The Bertz CT molecular complexity index is 548. The fourth-order valence-electron chi connectivity index (χ4n) is 1.72. The first-order chi connectivity index (χ1) is 11.2. The van der Waals surface area contributed by atoms with E-state index in [0.29, 0.717) is 24.6 Å². The molecular weight excluding hydrogens is 339 g/mol. The predicted octanol–water partition coefficient (Wildman–Crippen LogP) is 3.43. The minimum Gasteiger partial charge on any atom is -0.484 e. The van der Waals surface area contributed by atoms with E-state index in [1.807, 2.05) is 6.26 Å². The number of hydrogen-bond donors (Lipinski definition) is 2. The number of guanidine groups is 1. The second-order valence-corrected chi connectivity index (χ2v) is 7.27. The molecular formula is C16H24F3N3OS. The summed E-state index contributed by atoms with van der Waals surface area (Å²) in [6.07, 6.45) is -2.33. The summed E-state index contributed by atoms with van der Waals surface area (Å²) in [5, 5.41) is 6.29. The van der Waals surface area contributed by atoms with E-state index in [0.717, 1.165) is 0 Å². The van der Waals surface area contributed by atoms with Gasteiger partial charge in [-0.05, 0) is 26.2 Å². The van der Waals surface area contributed by atoms with Crippen molar-refractivity contribution >= 4 is 17.7 Å². The summed E-state index contributed by atoms with van der Waals surface area (Å²) >= 11 is 1.73. The quantitative estimate of drug-likeness (QED) is 0.575. The van der Waals surface area contributed by atoms with E-state index in [1.54, 1.807) is 37.0 Å². The van der Waals surface area contributed by atoms with Gasteiger partial charge in [0.25, 0.3) is 0 Å². The van der Waals surface area contributed by atoms with E-state index >= 15 is 0 Å². The maximum Gasteiger partial charge on any atom is 0.422 e. The van der Waals surface area contributed by atoms with Crippen molar-refractivity contribution in [2.75, 3.05) is 26.5 Å². The summed E-state index contributed by atoms with van der Waals surface area (Å²) in [6, 6.07) is 6.64. The van der Waals surface area contributed by atoms with Gasteiger partial charge in [0.2, 0.25) is 0 Å². The highest BCUT2D eigenvalue weighted by Gasteiger charge is 2.28. The number of nitrogens with one attached hydrogen (secondary N) is 2. The highest BCUT2D eigenvalue weighted by atomic mass is 32.2. The average Bonchev–Trinajstić information content (AvgIpc) is 2.53. The van der Waals surface area contributed by atoms with Gasteiger partial charge >= 0.3 is 6.18 Å².